The number of hydrogen-bond acceptors (Lipinski definition) is 2. The average Bonchev–Trinajstić information content (AvgIpc) is 2.39. The van der Waals surface area contributed by atoms with Gasteiger partial charge in [0.05, 0.1) is 13.2 Å². The zero-order chi connectivity index (χ0) is 10.9. The van der Waals surface area contributed by atoms with Gasteiger partial charge in [-0.1, -0.05) is 18.2 Å². The number of nitrogens with one attached hydrogen (secondary N) is 1. The van der Waals surface area contributed by atoms with Gasteiger partial charge in [-0.2, -0.15) is 0 Å². The first kappa shape index (κ1) is 14.5. The van der Waals surface area contributed by atoms with Crippen LogP contribution in [0.5, 0.6) is 0 Å². The van der Waals surface area contributed by atoms with Crippen molar-refractivity contribution in [3.05, 3.63) is 23.8 Å². The standard InChI is InChI=1S/C9H10BF3NO.K/c11-10(12,13)8-2-1-7-6-15-4-3-14-9(7)5-8;/h1-2,5,14H,3-4,6H2;/q-1;+1. The van der Waals surface area contributed by atoms with Gasteiger partial charge < -0.3 is 23.0 Å². The molecule has 0 bridgehead atoms. The molecule has 1 aliphatic heterocycles. The quantitative estimate of drug-likeness (QED) is 0.629. The van der Waals surface area contributed by atoms with Gasteiger partial charge in [0.15, 0.2) is 0 Å². The molecule has 2 nitrogen and oxygen atoms in total. The summed E-state index contributed by atoms with van der Waals surface area (Å²) in [6.45, 7) is -3.49. The Morgan fingerprint density at radius 3 is 2.69 bits per heavy atom. The number of fused-ring (bicyclic) bond motifs is 1. The molecule has 7 heteroatoms. The molecule has 0 amide bonds. The third-order valence-electron chi connectivity index (χ3n) is 2.33. The Labute approximate surface area is 134 Å². The number of hydrogen-bond donors (Lipinski definition) is 1. The summed E-state index contributed by atoms with van der Waals surface area (Å²) in [6.07, 6.45) is 0. The van der Waals surface area contributed by atoms with Gasteiger partial charge >= 0.3 is 58.4 Å². The third-order valence-corrected chi connectivity index (χ3v) is 2.33. The molecule has 0 fully saturated rings. The molecule has 0 unspecified atom stereocenters. The van der Waals surface area contributed by atoms with Gasteiger partial charge in [0.1, 0.15) is 0 Å². The molecule has 2 rings (SSSR count). The van der Waals surface area contributed by atoms with Crippen molar-refractivity contribution in [3.8, 4) is 0 Å². The molecule has 82 valence electrons. The molecule has 1 aliphatic rings. The van der Waals surface area contributed by atoms with Crippen LogP contribution in [0, 0.1) is 0 Å². The molecular weight excluding hydrogens is 245 g/mol. The summed E-state index contributed by atoms with van der Waals surface area (Å²) in [6, 6.07) is 3.73. The summed E-state index contributed by atoms with van der Waals surface area (Å²) in [5.74, 6) is 0. The van der Waals surface area contributed by atoms with E-state index in [1.165, 1.54) is 6.07 Å². The van der Waals surface area contributed by atoms with E-state index in [9.17, 15) is 12.9 Å². The van der Waals surface area contributed by atoms with E-state index < -0.39 is 12.4 Å². The molecular formula is C9H10BF3KNO. The molecule has 16 heavy (non-hydrogen) atoms. The normalized spacial score (nSPS) is 15.4. The predicted molar refractivity (Wildman–Crippen MR) is 53.3 cm³/mol. The molecule has 1 aromatic carbocycles. The number of ether oxygens (including phenoxy) is 1. The second-order valence-corrected chi connectivity index (χ2v) is 3.47. The number of anilines is 1. The van der Waals surface area contributed by atoms with Crippen molar-refractivity contribution in [3.63, 3.8) is 0 Å². The van der Waals surface area contributed by atoms with E-state index in [0.717, 1.165) is 17.7 Å². The Kier molecular flexibility index (Phi) is 5.34. The van der Waals surface area contributed by atoms with Crippen molar-refractivity contribution in [2.45, 2.75) is 6.61 Å². The topological polar surface area (TPSA) is 21.3 Å². The molecule has 0 aliphatic carbocycles. The Hall–Kier alpha value is 0.471. The van der Waals surface area contributed by atoms with E-state index >= 15 is 0 Å². The zero-order valence-electron chi connectivity index (χ0n) is 8.97. The van der Waals surface area contributed by atoms with Crippen LogP contribution in [0.25, 0.3) is 0 Å². The van der Waals surface area contributed by atoms with Crippen LogP contribution in [0.4, 0.5) is 18.6 Å². The van der Waals surface area contributed by atoms with Crippen LogP contribution >= 0.6 is 0 Å². The van der Waals surface area contributed by atoms with Crippen LogP contribution in [0.15, 0.2) is 18.2 Å². The second kappa shape index (κ2) is 5.88. The van der Waals surface area contributed by atoms with Gasteiger partial charge in [-0.25, -0.2) is 0 Å². The molecule has 0 saturated carbocycles. The number of rotatable bonds is 1. The van der Waals surface area contributed by atoms with E-state index in [4.69, 9.17) is 4.74 Å². The molecule has 0 saturated heterocycles. The summed E-state index contributed by atoms with van der Waals surface area (Å²) >= 11 is 0. The van der Waals surface area contributed by atoms with Gasteiger partial charge in [0.25, 0.3) is 0 Å². The van der Waals surface area contributed by atoms with Gasteiger partial charge in [-0.3, -0.25) is 0 Å². The molecule has 0 atom stereocenters. The molecule has 1 N–H and O–H groups in total. The van der Waals surface area contributed by atoms with Crippen molar-refractivity contribution < 1.29 is 69.1 Å². The summed E-state index contributed by atoms with van der Waals surface area (Å²) in [7, 11) is 0. The smallest absolute Gasteiger partial charge is 0.445 e. The van der Waals surface area contributed by atoms with E-state index in [1.54, 1.807) is 0 Å². The maximum Gasteiger partial charge on any atom is 1.00 e. The van der Waals surface area contributed by atoms with Gasteiger partial charge in [-0.05, 0) is 0 Å². The molecule has 1 aromatic rings. The van der Waals surface area contributed by atoms with Gasteiger partial charge in [0.2, 0.25) is 0 Å². The molecule has 1 heterocycles. The average molecular weight is 255 g/mol. The molecule has 0 spiro atoms. The first-order valence-corrected chi connectivity index (χ1v) is 4.72. The van der Waals surface area contributed by atoms with E-state index in [1.807, 2.05) is 0 Å². The van der Waals surface area contributed by atoms with Crippen LogP contribution in [0.1, 0.15) is 5.56 Å². The largest absolute Gasteiger partial charge is 1.00 e. The first-order valence-electron chi connectivity index (χ1n) is 4.72. The zero-order valence-corrected chi connectivity index (χ0v) is 12.1. The molecule has 0 radical (unpaired) electrons. The maximum atomic E-state index is 12.5. The van der Waals surface area contributed by atoms with Gasteiger partial charge in [-0.15, -0.1) is 5.46 Å². The van der Waals surface area contributed by atoms with Crippen LogP contribution < -0.4 is 62.2 Å². The number of halogens is 3. The molecule has 0 aromatic heterocycles. The van der Waals surface area contributed by atoms with Gasteiger partial charge in [0, 0.05) is 17.8 Å². The van der Waals surface area contributed by atoms with Crippen molar-refractivity contribution in [1.82, 2.24) is 0 Å². The minimum atomic E-state index is -4.92. The second-order valence-electron chi connectivity index (χ2n) is 3.47. The van der Waals surface area contributed by atoms with Crippen LogP contribution in [-0.4, -0.2) is 20.1 Å². The SMILES string of the molecule is F[B-](F)(F)c1ccc2c(c1)NCCOC2.[K+]. The fraction of sp³-hybridized carbons (Fsp3) is 0.333. The van der Waals surface area contributed by atoms with E-state index in [-0.39, 0.29) is 51.4 Å². The first-order chi connectivity index (χ1) is 7.07. The minimum absolute atomic E-state index is 0. The maximum absolute atomic E-state index is 12.5. The summed E-state index contributed by atoms with van der Waals surface area (Å²) in [5.41, 5.74) is 0.739. The predicted octanol–water partition coefficient (Wildman–Crippen LogP) is -1.31. The van der Waals surface area contributed by atoms with Crippen molar-refractivity contribution in [2.24, 2.45) is 0 Å². The fourth-order valence-electron chi connectivity index (χ4n) is 1.53. The van der Waals surface area contributed by atoms with E-state index in [2.05, 4.69) is 5.32 Å². The van der Waals surface area contributed by atoms with Crippen LogP contribution in [0.2, 0.25) is 0 Å². The Bertz CT molecular complexity index is 372. The van der Waals surface area contributed by atoms with Crippen LogP contribution in [-0.2, 0) is 11.3 Å². The summed E-state index contributed by atoms with van der Waals surface area (Å²) in [5, 5.41) is 2.92. The third kappa shape index (κ3) is 3.48. The van der Waals surface area contributed by atoms with Crippen molar-refractivity contribution >= 4 is 18.1 Å². The van der Waals surface area contributed by atoms with Crippen molar-refractivity contribution in [2.75, 3.05) is 18.5 Å². The Morgan fingerprint density at radius 2 is 2.00 bits per heavy atom. The fourth-order valence-corrected chi connectivity index (χ4v) is 1.53. The monoisotopic (exact) mass is 255 g/mol. The Balaban J connectivity index is 0.00000128. The Morgan fingerprint density at radius 1 is 1.25 bits per heavy atom. The number of benzene rings is 1. The van der Waals surface area contributed by atoms with Crippen LogP contribution in [0.3, 0.4) is 0 Å². The summed E-state index contributed by atoms with van der Waals surface area (Å²) < 4.78 is 42.6. The minimum Gasteiger partial charge on any atom is -0.445 e. The van der Waals surface area contributed by atoms with E-state index in [0.29, 0.717) is 25.4 Å². The van der Waals surface area contributed by atoms with Crippen molar-refractivity contribution in [1.29, 1.82) is 0 Å². The summed E-state index contributed by atoms with van der Waals surface area (Å²) in [4.78, 5) is 0.